The second-order valence-electron chi connectivity index (χ2n) is 6.25. The second kappa shape index (κ2) is 9.08. The van der Waals surface area contributed by atoms with Crippen LogP contribution in [0.4, 0.5) is 13.2 Å². The quantitative estimate of drug-likeness (QED) is 0.556. The highest BCUT2D eigenvalue weighted by atomic mass is 32.1. The minimum atomic E-state index is -4.73. The molecule has 0 aliphatic carbocycles. The van der Waals surface area contributed by atoms with E-state index in [1.807, 2.05) is 17.5 Å². The molecule has 0 aliphatic heterocycles. The van der Waals surface area contributed by atoms with E-state index in [0.29, 0.717) is 30.1 Å². The Morgan fingerprint density at radius 3 is 2.69 bits per heavy atom. The molecule has 154 valence electrons. The van der Waals surface area contributed by atoms with Crippen LogP contribution in [0.2, 0.25) is 0 Å². The van der Waals surface area contributed by atoms with E-state index in [4.69, 9.17) is 4.52 Å². The Labute approximate surface area is 168 Å². The Morgan fingerprint density at radius 1 is 1.28 bits per heavy atom. The van der Waals surface area contributed by atoms with Crippen LogP contribution < -0.4 is 10.1 Å². The minimum Gasteiger partial charge on any atom is -0.406 e. The third-order valence-corrected chi connectivity index (χ3v) is 4.86. The first-order chi connectivity index (χ1) is 13.8. The summed E-state index contributed by atoms with van der Waals surface area (Å²) in [7, 11) is 0. The molecule has 0 saturated carbocycles. The largest absolute Gasteiger partial charge is 0.573 e. The molecule has 0 bridgehead atoms. The highest BCUT2D eigenvalue weighted by molar-refractivity contribution is 7.13. The number of halogens is 3. The number of carbonyl (C=O) groups is 1. The number of amides is 1. The number of nitrogens with zero attached hydrogens (tertiary/aromatic N) is 2. The van der Waals surface area contributed by atoms with Gasteiger partial charge in [-0.1, -0.05) is 23.4 Å². The maximum absolute atomic E-state index is 12.2. The van der Waals surface area contributed by atoms with Crippen molar-refractivity contribution in [1.82, 2.24) is 15.5 Å². The first kappa shape index (κ1) is 20.8. The number of alkyl halides is 3. The van der Waals surface area contributed by atoms with E-state index in [9.17, 15) is 18.0 Å². The molecule has 1 amide bonds. The Morgan fingerprint density at radius 2 is 2.03 bits per heavy atom. The minimum absolute atomic E-state index is 0.175. The van der Waals surface area contributed by atoms with Gasteiger partial charge in [0.1, 0.15) is 5.75 Å². The van der Waals surface area contributed by atoms with E-state index in [1.54, 1.807) is 6.92 Å². The van der Waals surface area contributed by atoms with Gasteiger partial charge in [0.25, 0.3) is 0 Å². The van der Waals surface area contributed by atoms with Crippen LogP contribution >= 0.6 is 11.3 Å². The van der Waals surface area contributed by atoms with Crippen LogP contribution in [0.3, 0.4) is 0 Å². The number of aryl methyl sites for hydroxylation is 1. The molecule has 29 heavy (non-hydrogen) atoms. The number of nitrogens with one attached hydrogen (secondary N) is 1. The summed E-state index contributed by atoms with van der Waals surface area (Å²) in [5.41, 5.74) is 0.672. The average molecular weight is 425 g/mol. The van der Waals surface area contributed by atoms with Crippen LogP contribution in [0.5, 0.6) is 5.75 Å². The zero-order valence-corrected chi connectivity index (χ0v) is 16.2. The zero-order valence-electron chi connectivity index (χ0n) is 15.4. The third kappa shape index (κ3) is 6.31. The number of hydrogen-bond donors (Lipinski definition) is 1. The van der Waals surface area contributed by atoms with Gasteiger partial charge in [0.15, 0.2) is 0 Å². The van der Waals surface area contributed by atoms with Crippen molar-refractivity contribution in [2.24, 2.45) is 0 Å². The molecule has 6 nitrogen and oxygen atoms in total. The molecule has 3 aromatic rings. The van der Waals surface area contributed by atoms with Gasteiger partial charge in [-0.05, 0) is 42.5 Å². The predicted molar refractivity (Wildman–Crippen MR) is 100 cm³/mol. The molecule has 0 radical (unpaired) electrons. The molecule has 0 aliphatic rings. The van der Waals surface area contributed by atoms with Crippen molar-refractivity contribution in [1.29, 1.82) is 0 Å². The molecule has 2 heterocycles. The standard InChI is InChI=1S/C19H18F3N3O3S/c1-12(13-7-9-14(10-8-13)27-19(20,21)22)23-16(26)5-2-6-17-24-18(25-28-17)15-4-3-11-29-15/h3-4,7-12H,2,5-6H2,1H3,(H,23,26). The van der Waals surface area contributed by atoms with Crippen LogP contribution in [-0.4, -0.2) is 22.4 Å². The third-order valence-electron chi connectivity index (χ3n) is 4.00. The van der Waals surface area contributed by atoms with Gasteiger partial charge < -0.3 is 14.6 Å². The Balaban J connectivity index is 1.43. The maximum Gasteiger partial charge on any atom is 0.573 e. The summed E-state index contributed by atoms with van der Waals surface area (Å²) in [6.45, 7) is 1.75. The van der Waals surface area contributed by atoms with Gasteiger partial charge in [-0.2, -0.15) is 4.98 Å². The fourth-order valence-corrected chi connectivity index (χ4v) is 3.27. The van der Waals surface area contributed by atoms with Crippen molar-refractivity contribution in [3.63, 3.8) is 0 Å². The van der Waals surface area contributed by atoms with Crippen LogP contribution in [-0.2, 0) is 11.2 Å². The van der Waals surface area contributed by atoms with Gasteiger partial charge in [0.05, 0.1) is 10.9 Å². The van der Waals surface area contributed by atoms with Gasteiger partial charge in [-0.15, -0.1) is 24.5 Å². The van der Waals surface area contributed by atoms with E-state index >= 15 is 0 Å². The van der Waals surface area contributed by atoms with Crippen molar-refractivity contribution in [2.45, 2.75) is 38.6 Å². The van der Waals surface area contributed by atoms with Gasteiger partial charge in [0.2, 0.25) is 17.6 Å². The molecule has 0 saturated heterocycles. The highest BCUT2D eigenvalue weighted by Gasteiger charge is 2.31. The monoisotopic (exact) mass is 425 g/mol. The van der Waals surface area contributed by atoms with Gasteiger partial charge in [0, 0.05) is 12.8 Å². The fourth-order valence-electron chi connectivity index (χ4n) is 2.62. The second-order valence-corrected chi connectivity index (χ2v) is 7.20. The summed E-state index contributed by atoms with van der Waals surface area (Å²) < 4.78 is 45.6. The number of ether oxygens (including phenoxy) is 1. The van der Waals surface area contributed by atoms with Crippen molar-refractivity contribution in [3.05, 3.63) is 53.2 Å². The highest BCUT2D eigenvalue weighted by Crippen LogP contribution is 2.24. The van der Waals surface area contributed by atoms with Crippen molar-refractivity contribution in [2.75, 3.05) is 0 Å². The van der Waals surface area contributed by atoms with Crippen molar-refractivity contribution < 1.29 is 27.2 Å². The van der Waals surface area contributed by atoms with Gasteiger partial charge in [-0.25, -0.2) is 0 Å². The number of benzene rings is 1. The molecule has 0 fully saturated rings. The van der Waals surface area contributed by atoms with E-state index in [0.717, 1.165) is 4.88 Å². The van der Waals surface area contributed by atoms with Gasteiger partial charge in [-0.3, -0.25) is 4.79 Å². The lowest BCUT2D eigenvalue weighted by Crippen LogP contribution is -2.26. The molecule has 3 rings (SSSR count). The smallest absolute Gasteiger partial charge is 0.406 e. The lowest BCUT2D eigenvalue weighted by atomic mass is 10.1. The molecule has 1 N–H and O–H groups in total. The van der Waals surface area contributed by atoms with Crippen molar-refractivity contribution in [3.8, 4) is 16.5 Å². The fraction of sp³-hybridized carbons (Fsp3) is 0.316. The van der Waals surface area contributed by atoms with E-state index in [2.05, 4.69) is 20.2 Å². The molecule has 1 unspecified atom stereocenters. The average Bonchev–Trinajstić information content (AvgIpc) is 3.32. The molecule has 0 spiro atoms. The van der Waals surface area contributed by atoms with Crippen molar-refractivity contribution >= 4 is 17.2 Å². The number of thiophene rings is 1. The van der Waals surface area contributed by atoms with Crippen LogP contribution in [0, 0.1) is 0 Å². The number of aromatic nitrogens is 2. The lowest BCUT2D eigenvalue weighted by Gasteiger charge is -2.15. The van der Waals surface area contributed by atoms with E-state index in [-0.39, 0.29) is 24.1 Å². The lowest BCUT2D eigenvalue weighted by molar-refractivity contribution is -0.274. The summed E-state index contributed by atoms with van der Waals surface area (Å²) in [5.74, 6) is 0.521. The summed E-state index contributed by atoms with van der Waals surface area (Å²) in [5, 5.41) is 8.65. The number of hydrogen-bond acceptors (Lipinski definition) is 6. The Kier molecular flexibility index (Phi) is 6.53. The van der Waals surface area contributed by atoms with Gasteiger partial charge >= 0.3 is 6.36 Å². The molecule has 2 aromatic heterocycles. The van der Waals surface area contributed by atoms with Crippen LogP contribution in [0.25, 0.3) is 10.7 Å². The maximum atomic E-state index is 12.2. The molecular weight excluding hydrogens is 407 g/mol. The summed E-state index contributed by atoms with van der Waals surface area (Å²) in [4.78, 5) is 17.3. The SMILES string of the molecule is CC(NC(=O)CCCc1nc(-c2cccs2)no1)c1ccc(OC(F)(F)F)cc1. The summed E-state index contributed by atoms with van der Waals surface area (Å²) >= 11 is 1.51. The Hall–Kier alpha value is -2.88. The molecule has 1 atom stereocenters. The number of rotatable bonds is 8. The normalized spacial score (nSPS) is 12.6. The zero-order chi connectivity index (χ0) is 20.9. The first-order valence-corrected chi connectivity index (χ1v) is 9.69. The molecule has 10 heteroatoms. The van der Waals surface area contributed by atoms with Crippen LogP contribution in [0.1, 0.15) is 37.3 Å². The van der Waals surface area contributed by atoms with Crippen LogP contribution in [0.15, 0.2) is 46.3 Å². The van der Waals surface area contributed by atoms with E-state index in [1.165, 1.54) is 35.6 Å². The number of carbonyl (C=O) groups excluding carboxylic acids is 1. The van der Waals surface area contributed by atoms with E-state index < -0.39 is 6.36 Å². The topological polar surface area (TPSA) is 77.3 Å². The Bertz CT molecular complexity index is 924. The predicted octanol–water partition coefficient (Wildman–Crippen LogP) is 4.90. The first-order valence-electron chi connectivity index (χ1n) is 8.82. The summed E-state index contributed by atoms with van der Waals surface area (Å²) in [6, 6.07) is 8.84. The molecule has 1 aromatic carbocycles. The summed E-state index contributed by atoms with van der Waals surface area (Å²) in [6.07, 6.45) is -3.47. The molecular formula is C19H18F3N3O3S.